The highest BCUT2D eigenvalue weighted by Crippen LogP contribution is 2.20. The predicted octanol–water partition coefficient (Wildman–Crippen LogP) is 3.56. The van der Waals surface area contributed by atoms with Crippen molar-refractivity contribution in [2.24, 2.45) is 0 Å². The van der Waals surface area contributed by atoms with Crippen molar-refractivity contribution in [1.29, 1.82) is 0 Å². The van der Waals surface area contributed by atoms with Crippen molar-refractivity contribution in [2.45, 2.75) is 19.4 Å². The van der Waals surface area contributed by atoms with Crippen LogP contribution in [-0.2, 0) is 0 Å². The number of aliphatic hydroxyl groups is 1. The van der Waals surface area contributed by atoms with Crippen molar-refractivity contribution >= 4 is 11.3 Å². The second kappa shape index (κ2) is 5.84. The summed E-state index contributed by atoms with van der Waals surface area (Å²) in [5.41, 5.74) is 2.19. The number of rotatable bonds is 5. The van der Waals surface area contributed by atoms with E-state index in [0.717, 1.165) is 11.3 Å². The minimum atomic E-state index is -0.424. The maximum Gasteiger partial charge on any atom is 0.119 e. The van der Waals surface area contributed by atoms with E-state index in [1.54, 1.807) is 11.3 Å². The van der Waals surface area contributed by atoms with Gasteiger partial charge in [0.2, 0.25) is 0 Å². The summed E-state index contributed by atoms with van der Waals surface area (Å²) in [4.78, 5) is 0. The number of thiophene rings is 1. The van der Waals surface area contributed by atoms with Gasteiger partial charge in [0.05, 0.1) is 12.7 Å². The Kier molecular flexibility index (Phi) is 4.18. The van der Waals surface area contributed by atoms with Gasteiger partial charge in [0.1, 0.15) is 5.75 Å². The van der Waals surface area contributed by atoms with Gasteiger partial charge in [-0.05, 0) is 41.4 Å². The number of aryl methyl sites for hydroxylation is 1. The van der Waals surface area contributed by atoms with E-state index in [2.05, 4.69) is 0 Å². The molecule has 0 amide bonds. The molecule has 17 heavy (non-hydrogen) atoms. The third-order valence-electron chi connectivity index (χ3n) is 2.61. The van der Waals surface area contributed by atoms with E-state index >= 15 is 0 Å². The molecule has 1 heterocycles. The fraction of sp³-hybridized carbons (Fsp3) is 0.286. The summed E-state index contributed by atoms with van der Waals surface area (Å²) in [6.45, 7) is 2.57. The Labute approximate surface area is 105 Å². The molecule has 1 atom stereocenters. The summed E-state index contributed by atoms with van der Waals surface area (Å²) in [7, 11) is 0. The number of hydrogen-bond donors (Lipinski definition) is 1. The zero-order chi connectivity index (χ0) is 12.1. The topological polar surface area (TPSA) is 29.5 Å². The lowest BCUT2D eigenvalue weighted by atomic mass is 10.1. The Morgan fingerprint density at radius 2 is 2.00 bits per heavy atom. The molecule has 90 valence electrons. The number of aliphatic hydroxyl groups excluding tert-OH is 1. The normalized spacial score (nSPS) is 12.4. The molecule has 0 aliphatic carbocycles. The van der Waals surface area contributed by atoms with Crippen LogP contribution in [0.15, 0.2) is 41.1 Å². The molecule has 2 nitrogen and oxygen atoms in total. The van der Waals surface area contributed by atoms with Crippen molar-refractivity contribution in [2.75, 3.05) is 6.61 Å². The second-order valence-electron chi connectivity index (χ2n) is 4.02. The fourth-order valence-electron chi connectivity index (χ4n) is 1.55. The fourth-order valence-corrected chi connectivity index (χ4v) is 2.26. The molecule has 1 aromatic carbocycles. The number of benzene rings is 1. The molecule has 0 fully saturated rings. The first kappa shape index (κ1) is 12.1. The van der Waals surface area contributed by atoms with Crippen molar-refractivity contribution in [3.8, 4) is 5.75 Å². The maximum absolute atomic E-state index is 9.86. The van der Waals surface area contributed by atoms with Gasteiger partial charge in [0, 0.05) is 6.42 Å². The molecule has 0 bridgehead atoms. The number of hydrogen-bond acceptors (Lipinski definition) is 3. The van der Waals surface area contributed by atoms with Gasteiger partial charge in [-0.2, -0.15) is 11.3 Å². The van der Waals surface area contributed by atoms with Crippen LogP contribution in [0.4, 0.5) is 0 Å². The van der Waals surface area contributed by atoms with E-state index < -0.39 is 6.10 Å². The predicted molar refractivity (Wildman–Crippen MR) is 70.6 cm³/mol. The molecular weight excluding hydrogens is 232 g/mol. The van der Waals surface area contributed by atoms with Crippen molar-refractivity contribution in [3.05, 3.63) is 52.2 Å². The smallest absolute Gasteiger partial charge is 0.119 e. The first-order chi connectivity index (χ1) is 8.25. The summed E-state index contributed by atoms with van der Waals surface area (Å²) >= 11 is 1.60. The van der Waals surface area contributed by atoms with E-state index in [1.807, 2.05) is 48.0 Å². The van der Waals surface area contributed by atoms with Crippen molar-refractivity contribution in [1.82, 2.24) is 0 Å². The van der Waals surface area contributed by atoms with Crippen molar-refractivity contribution in [3.63, 3.8) is 0 Å². The van der Waals surface area contributed by atoms with Crippen LogP contribution in [0.25, 0.3) is 0 Å². The molecular formula is C14H16O2S. The van der Waals surface area contributed by atoms with Gasteiger partial charge in [-0.1, -0.05) is 17.7 Å². The maximum atomic E-state index is 9.86. The van der Waals surface area contributed by atoms with Crippen LogP contribution in [0.3, 0.4) is 0 Å². The largest absolute Gasteiger partial charge is 0.493 e. The van der Waals surface area contributed by atoms with Crippen LogP contribution in [0.1, 0.15) is 23.7 Å². The monoisotopic (exact) mass is 248 g/mol. The van der Waals surface area contributed by atoms with E-state index in [1.165, 1.54) is 5.56 Å². The van der Waals surface area contributed by atoms with Crippen LogP contribution >= 0.6 is 11.3 Å². The first-order valence-electron chi connectivity index (χ1n) is 5.65. The quantitative estimate of drug-likeness (QED) is 0.876. The molecule has 1 aromatic heterocycles. The van der Waals surface area contributed by atoms with Crippen LogP contribution < -0.4 is 4.74 Å². The average Bonchev–Trinajstić information content (AvgIpc) is 2.85. The molecule has 0 spiro atoms. The van der Waals surface area contributed by atoms with Crippen LogP contribution in [0.2, 0.25) is 0 Å². The standard InChI is InChI=1S/C14H16O2S/c1-11-2-4-13(5-3-11)16-8-6-14(15)12-7-9-17-10-12/h2-5,7,9-10,14-15H,6,8H2,1H3. The molecule has 3 heteroatoms. The average molecular weight is 248 g/mol. The Balaban J connectivity index is 1.78. The van der Waals surface area contributed by atoms with E-state index in [-0.39, 0.29) is 0 Å². The Hall–Kier alpha value is -1.32. The Morgan fingerprint density at radius 1 is 1.24 bits per heavy atom. The minimum absolute atomic E-state index is 0.424. The summed E-state index contributed by atoms with van der Waals surface area (Å²) in [5, 5.41) is 13.8. The minimum Gasteiger partial charge on any atom is -0.493 e. The highest BCUT2D eigenvalue weighted by Gasteiger charge is 2.07. The zero-order valence-electron chi connectivity index (χ0n) is 9.80. The lowest BCUT2D eigenvalue weighted by Crippen LogP contribution is -2.04. The lowest BCUT2D eigenvalue weighted by molar-refractivity contribution is 0.141. The Morgan fingerprint density at radius 3 is 2.65 bits per heavy atom. The van der Waals surface area contributed by atoms with Gasteiger partial charge < -0.3 is 9.84 Å². The van der Waals surface area contributed by atoms with Gasteiger partial charge >= 0.3 is 0 Å². The summed E-state index contributed by atoms with van der Waals surface area (Å²) in [6, 6.07) is 9.88. The SMILES string of the molecule is Cc1ccc(OCCC(O)c2ccsc2)cc1. The molecule has 0 saturated carbocycles. The zero-order valence-corrected chi connectivity index (χ0v) is 10.6. The molecule has 0 saturated heterocycles. The first-order valence-corrected chi connectivity index (χ1v) is 6.59. The molecule has 1 N–H and O–H groups in total. The summed E-state index contributed by atoms with van der Waals surface area (Å²) in [5.74, 6) is 0.855. The molecule has 0 aliphatic heterocycles. The lowest BCUT2D eigenvalue weighted by Gasteiger charge is -2.10. The highest BCUT2D eigenvalue weighted by atomic mass is 32.1. The molecule has 2 aromatic rings. The second-order valence-corrected chi connectivity index (χ2v) is 4.80. The van der Waals surface area contributed by atoms with Gasteiger partial charge in [0.25, 0.3) is 0 Å². The molecule has 0 aliphatic rings. The third-order valence-corrected chi connectivity index (χ3v) is 3.31. The van der Waals surface area contributed by atoms with Crippen LogP contribution in [0, 0.1) is 6.92 Å². The van der Waals surface area contributed by atoms with Gasteiger partial charge in [-0.25, -0.2) is 0 Å². The number of ether oxygens (including phenoxy) is 1. The van der Waals surface area contributed by atoms with E-state index in [4.69, 9.17) is 4.74 Å². The van der Waals surface area contributed by atoms with Crippen molar-refractivity contribution < 1.29 is 9.84 Å². The molecule has 1 unspecified atom stereocenters. The molecule has 2 rings (SSSR count). The highest BCUT2D eigenvalue weighted by molar-refractivity contribution is 7.07. The van der Waals surface area contributed by atoms with E-state index in [9.17, 15) is 5.11 Å². The molecule has 0 radical (unpaired) electrons. The van der Waals surface area contributed by atoms with Gasteiger partial charge in [-0.15, -0.1) is 0 Å². The summed E-state index contributed by atoms with van der Waals surface area (Å²) in [6.07, 6.45) is 0.191. The van der Waals surface area contributed by atoms with Gasteiger partial charge in [-0.3, -0.25) is 0 Å². The van der Waals surface area contributed by atoms with Gasteiger partial charge in [0.15, 0.2) is 0 Å². The Bertz CT molecular complexity index is 434. The van der Waals surface area contributed by atoms with Crippen LogP contribution in [0.5, 0.6) is 5.75 Å². The van der Waals surface area contributed by atoms with Crippen LogP contribution in [-0.4, -0.2) is 11.7 Å². The third kappa shape index (κ3) is 3.58. The summed E-state index contributed by atoms with van der Waals surface area (Å²) < 4.78 is 5.57. The van der Waals surface area contributed by atoms with E-state index in [0.29, 0.717) is 13.0 Å².